The first-order valence-electron chi connectivity index (χ1n) is 6.92. The van der Waals surface area contributed by atoms with Gasteiger partial charge >= 0.3 is 5.69 Å². The number of halogens is 2. The molecule has 126 valence electrons. The third kappa shape index (κ3) is 2.48. The average molecular weight is 369 g/mol. The van der Waals surface area contributed by atoms with Crippen molar-refractivity contribution in [1.82, 2.24) is 18.7 Å². The zero-order valence-corrected chi connectivity index (χ0v) is 14.4. The molecule has 3 N–H and O–H groups in total. The zero-order chi connectivity index (χ0) is 17.6. The van der Waals surface area contributed by atoms with Crippen LogP contribution in [0.4, 0.5) is 5.95 Å². The highest BCUT2D eigenvalue weighted by molar-refractivity contribution is 6.35. The van der Waals surface area contributed by atoms with Gasteiger partial charge in [0.25, 0.3) is 5.56 Å². The van der Waals surface area contributed by atoms with Crippen LogP contribution in [0.5, 0.6) is 0 Å². The number of nitrogens with zero attached hydrogens (tertiary/aromatic N) is 4. The lowest BCUT2D eigenvalue weighted by molar-refractivity contribution is 0.655. The second-order valence-corrected chi connectivity index (χ2v) is 6.12. The molecule has 1 aromatic carbocycles. The van der Waals surface area contributed by atoms with Crippen LogP contribution in [-0.4, -0.2) is 18.7 Å². The van der Waals surface area contributed by atoms with E-state index >= 15 is 0 Å². The third-order valence-corrected chi connectivity index (χ3v) is 4.42. The van der Waals surface area contributed by atoms with Crippen molar-refractivity contribution in [2.75, 3.05) is 5.43 Å². The van der Waals surface area contributed by atoms with E-state index in [9.17, 15) is 9.59 Å². The lowest BCUT2D eigenvalue weighted by atomic mass is 10.2. The topological polar surface area (TPSA) is 99.9 Å². The maximum absolute atomic E-state index is 12.8. The number of aromatic nitrogens is 4. The Balaban J connectivity index is 2.27. The van der Waals surface area contributed by atoms with Gasteiger partial charge in [0, 0.05) is 24.1 Å². The Morgan fingerprint density at radius 2 is 1.92 bits per heavy atom. The van der Waals surface area contributed by atoms with Crippen LogP contribution in [-0.2, 0) is 20.6 Å². The molecule has 0 radical (unpaired) electrons. The van der Waals surface area contributed by atoms with Crippen molar-refractivity contribution in [2.24, 2.45) is 19.9 Å². The fraction of sp³-hybridized carbons (Fsp3) is 0.214. The van der Waals surface area contributed by atoms with Crippen LogP contribution in [0.3, 0.4) is 0 Å². The summed E-state index contributed by atoms with van der Waals surface area (Å²) in [6.45, 7) is 0.0218. The summed E-state index contributed by atoms with van der Waals surface area (Å²) in [5, 5.41) is 0.857. The molecule has 0 saturated carbocycles. The molecule has 3 aromatic rings. The van der Waals surface area contributed by atoms with Gasteiger partial charge in [-0.2, -0.15) is 4.98 Å². The Morgan fingerprint density at radius 1 is 1.21 bits per heavy atom. The van der Waals surface area contributed by atoms with Crippen molar-refractivity contribution in [2.45, 2.75) is 6.54 Å². The molecular formula is C14H14Cl2N6O2. The van der Waals surface area contributed by atoms with E-state index in [4.69, 9.17) is 29.0 Å². The number of imidazole rings is 1. The number of fused-ring (bicyclic) bond motifs is 1. The number of nitrogens with one attached hydrogen (secondary N) is 1. The van der Waals surface area contributed by atoms with Crippen LogP contribution in [0, 0.1) is 0 Å². The van der Waals surface area contributed by atoms with Gasteiger partial charge in [0.15, 0.2) is 11.2 Å². The molecule has 2 heterocycles. The van der Waals surface area contributed by atoms with Crippen LogP contribution < -0.4 is 22.5 Å². The molecule has 3 rings (SSSR count). The number of rotatable bonds is 3. The van der Waals surface area contributed by atoms with E-state index in [1.807, 2.05) is 0 Å². The van der Waals surface area contributed by atoms with Gasteiger partial charge in [0.05, 0.1) is 6.54 Å². The summed E-state index contributed by atoms with van der Waals surface area (Å²) in [6.07, 6.45) is 0. The zero-order valence-electron chi connectivity index (χ0n) is 12.9. The summed E-state index contributed by atoms with van der Waals surface area (Å²) in [7, 11) is 3.17. The third-order valence-electron chi connectivity index (χ3n) is 3.83. The van der Waals surface area contributed by atoms with Gasteiger partial charge < -0.3 is 4.57 Å². The molecular weight excluding hydrogens is 355 g/mol. The Kier molecular flexibility index (Phi) is 4.12. The van der Waals surface area contributed by atoms with E-state index in [-0.39, 0.29) is 23.7 Å². The van der Waals surface area contributed by atoms with Gasteiger partial charge in [-0.1, -0.05) is 29.3 Å². The van der Waals surface area contributed by atoms with Crippen LogP contribution in [0.25, 0.3) is 11.2 Å². The minimum absolute atomic E-state index is 0.0218. The standard InChI is InChI=1S/C14H14Cl2N6O2/c1-20-10-11(18-13(20)19-17)21(2)14(24)22(12(10)23)6-7-3-4-8(15)5-9(7)16/h3-5H,6,17H2,1-2H3,(H,18,19). The van der Waals surface area contributed by atoms with Gasteiger partial charge in [0.2, 0.25) is 5.95 Å². The molecule has 0 saturated heterocycles. The number of aryl methyl sites for hydroxylation is 2. The van der Waals surface area contributed by atoms with Gasteiger partial charge in [-0.3, -0.25) is 19.4 Å². The lowest BCUT2D eigenvalue weighted by Gasteiger charge is -2.10. The molecule has 0 fully saturated rings. The van der Waals surface area contributed by atoms with Gasteiger partial charge in [-0.05, 0) is 17.7 Å². The second kappa shape index (κ2) is 5.97. The molecule has 2 aromatic heterocycles. The normalized spacial score (nSPS) is 11.2. The highest BCUT2D eigenvalue weighted by Crippen LogP contribution is 2.21. The summed E-state index contributed by atoms with van der Waals surface area (Å²) >= 11 is 12.0. The van der Waals surface area contributed by atoms with Crippen LogP contribution in [0.1, 0.15) is 5.56 Å². The Morgan fingerprint density at radius 3 is 2.54 bits per heavy atom. The lowest BCUT2D eigenvalue weighted by Crippen LogP contribution is -2.39. The first-order chi connectivity index (χ1) is 11.3. The maximum Gasteiger partial charge on any atom is 0.332 e. The van der Waals surface area contributed by atoms with Crippen molar-refractivity contribution in [3.05, 3.63) is 54.6 Å². The number of hydrogen-bond donors (Lipinski definition) is 2. The van der Waals surface area contributed by atoms with E-state index < -0.39 is 11.2 Å². The van der Waals surface area contributed by atoms with Crippen molar-refractivity contribution >= 4 is 40.3 Å². The highest BCUT2D eigenvalue weighted by Gasteiger charge is 2.18. The molecule has 0 aliphatic carbocycles. The molecule has 0 bridgehead atoms. The largest absolute Gasteiger partial charge is 0.332 e. The number of benzene rings is 1. The Labute approximate surface area is 146 Å². The number of nitrogen functional groups attached to an aromatic ring is 1. The summed E-state index contributed by atoms with van der Waals surface area (Å²) in [6, 6.07) is 4.89. The monoisotopic (exact) mass is 368 g/mol. The quantitative estimate of drug-likeness (QED) is 0.532. The van der Waals surface area contributed by atoms with Crippen molar-refractivity contribution in [1.29, 1.82) is 0 Å². The van der Waals surface area contributed by atoms with Crippen molar-refractivity contribution < 1.29 is 0 Å². The first-order valence-corrected chi connectivity index (χ1v) is 7.67. The smallest absolute Gasteiger partial charge is 0.306 e. The van der Waals surface area contributed by atoms with E-state index in [0.717, 1.165) is 4.57 Å². The molecule has 24 heavy (non-hydrogen) atoms. The SMILES string of the molecule is Cn1c(NN)nc2c1c(=O)n(Cc1ccc(Cl)cc1Cl)c(=O)n2C. The van der Waals surface area contributed by atoms with Crippen LogP contribution >= 0.6 is 23.2 Å². The number of hydrogen-bond acceptors (Lipinski definition) is 5. The van der Waals surface area contributed by atoms with E-state index in [2.05, 4.69) is 10.4 Å². The average Bonchev–Trinajstić information content (AvgIpc) is 2.88. The van der Waals surface area contributed by atoms with E-state index in [1.54, 1.807) is 25.2 Å². The van der Waals surface area contributed by atoms with Gasteiger partial charge in [0.1, 0.15) is 0 Å². The second-order valence-electron chi connectivity index (χ2n) is 5.28. The fourth-order valence-electron chi connectivity index (χ4n) is 2.53. The highest BCUT2D eigenvalue weighted by atomic mass is 35.5. The minimum Gasteiger partial charge on any atom is -0.306 e. The van der Waals surface area contributed by atoms with Crippen LogP contribution in [0.2, 0.25) is 10.0 Å². The summed E-state index contributed by atoms with van der Waals surface area (Å²) in [5.41, 5.74) is 2.54. The predicted octanol–water partition coefficient (Wildman–Crippen LogP) is 1.07. The van der Waals surface area contributed by atoms with Gasteiger partial charge in [-0.25, -0.2) is 10.6 Å². The fourth-order valence-corrected chi connectivity index (χ4v) is 3.00. The summed E-state index contributed by atoms with van der Waals surface area (Å²) < 4.78 is 3.89. The van der Waals surface area contributed by atoms with E-state index in [0.29, 0.717) is 15.6 Å². The molecule has 0 amide bonds. The molecule has 0 aliphatic rings. The van der Waals surface area contributed by atoms with Gasteiger partial charge in [-0.15, -0.1) is 0 Å². The first kappa shape index (κ1) is 16.6. The van der Waals surface area contributed by atoms with Crippen molar-refractivity contribution in [3.8, 4) is 0 Å². The molecule has 10 heteroatoms. The Bertz CT molecular complexity index is 1070. The van der Waals surface area contributed by atoms with Crippen LogP contribution in [0.15, 0.2) is 27.8 Å². The predicted molar refractivity (Wildman–Crippen MR) is 93.6 cm³/mol. The molecule has 0 spiro atoms. The number of nitrogens with two attached hydrogens (primary N) is 1. The molecule has 8 nitrogen and oxygen atoms in total. The molecule has 0 atom stereocenters. The molecule has 0 unspecified atom stereocenters. The minimum atomic E-state index is -0.500. The number of hydrazine groups is 1. The summed E-state index contributed by atoms with van der Waals surface area (Å²) in [4.78, 5) is 29.5. The number of anilines is 1. The summed E-state index contributed by atoms with van der Waals surface area (Å²) in [5.74, 6) is 5.67. The van der Waals surface area contributed by atoms with Crippen molar-refractivity contribution in [3.63, 3.8) is 0 Å². The van der Waals surface area contributed by atoms with E-state index in [1.165, 1.54) is 16.2 Å². The Hall–Kier alpha value is -2.29. The maximum atomic E-state index is 12.8. The molecule has 0 aliphatic heterocycles.